The molecule has 1 aromatic heterocycles. The Bertz CT molecular complexity index is 1030. The zero-order valence-electron chi connectivity index (χ0n) is 14.6. The second kappa shape index (κ2) is 9.66. The minimum absolute atomic E-state index is 0.118. The molecule has 0 aliphatic carbocycles. The first-order chi connectivity index (χ1) is 14.0. The van der Waals surface area contributed by atoms with Crippen LogP contribution in [0.25, 0.3) is 0 Å². The summed E-state index contributed by atoms with van der Waals surface area (Å²) in [5, 5.41) is 22.4. The van der Waals surface area contributed by atoms with Crippen molar-refractivity contribution >= 4 is 41.2 Å². The van der Waals surface area contributed by atoms with Gasteiger partial charge in [-0.2, -0.15) is 10.2 Å². The summed E-state index contributed by atoms with van der Waals surface area (Å²) < 4.78 is 5.29. The normalized spacial score (nSPS) is 10.8. The molecule has 0 fully saturated rings. The molecule has 1 heterocycles. The van der Waals surface area contributed by atoms with E-state index < -0.39 is 10.8 Å². The molecule has 3 rings (SSSR count). The highest BCUT2D eigenvalue weighted by Gasteiger charge is 2.16. The number of nitrogens with zero attached hydrogens (tertiary/aromatic N) is 4. The van der Waals surface area contributed by atoms with Gasteiger partial charge in [0.05, 0.1) is 16.0 Å². The Hall–Kier alpha value is -3.44. The maximum absolute atomic E-state index is 11.8. The van der Waals surface area contributed by atoms with E-state index in [0.29, 0.717) is 26.4 Å². The van der Waals surface area contributed by atoms with Gasteiger partial charge in [0.25, 0.3) is 11.6 Å². The van der Waals surface area contributed by atoms with Crippen LogP contribution < -0.4 is 10.2 Å². The monoisotopic (exact) mass is 432 g/mol. The molecule has 10 nitrogen and oxygen atoms in total. The first-order valence-corrected chi connectivity index (χ1v) is 9.22. The molecule has 2 aromatic carbocycles. The van der Waals surface area contributed by atoms with Crippen LogP contribution in [0.5, 0.6) is 5.75 Å². The summed E-state index contributed by atoms with van der Waals surface area (Å²) in [7, 11) is 0. The number of hydrogen-bond acceptors (Lipinski definition) is 8. The van der Waals surface area contributed by atoms with Crippen LogP contribution in [0.3, 0.4) is 0 Å². The third kappa shape index (κ3) is 6.02. The van der Waals surface area contributed by atoms with Crippen LogP contribution in [0.1, 0.15) is 5.56 Å². The maximum atomic E-state index is 11.8. The van der Waals surface area contributed by atoms with E-state index in [1.165, 1.54) is 18.6 Å². The van der Waals surface area contributed by atoms with Gasteiger partial charge in [-0.15, -0.1) is 0 Å². The van der Waals surface area contributed by atoms with Gasteiger partial charge < -0.3 is 4.74 Å². The average molecular weight is 433 g/mol. The number of H-pyrrole nitrogens is 1. The number of amides is 1. The van der Waals surface area contributed by atoms with Crippen molar-refractivity contribution in [2.45, 2.75) is 10.1 Å². The fourth-order valence-corrected chi connectivity index (χ4v) is 2.99. The minimum Gasteiger partial charge on any atom is -0.484 e. The van der Waals surface area contributed by atoms with Crippen LogP contribution in [0.2, 0.25) is 5.02 Å². The summed E-state index contributed by atoms with van der Waals surface area (Å²) in [4.78, 5) is 26.9. The molecule has 0 radical (unpaired) electrons. The van der Waals surface area contributed by atoms with Gasteiger partial charge in [-0.3, -0.25) is 20.0 Å². The number of carbonyl (C=O) groups is 1. The van der Waals surface area contributed by atoms with Gasteiger partial charge >= 0.3 is 0 Å². The predicted octanol–water partition coefficient (Wildman–Crippen LogP) is 3.05. The number of rotatable bonds is 8. The largest absolute Gasteiger partial charge is 0.484 e. The highest BCUT2D eigenvalue weighted by molar-refractivity contribution is 7.99. The Morgan fingerprint density at radius 3 is 2.83 bits per heavy atom. The molecule has 148 valence electrons. The van der Waals surface area contributed by atoms with Crippen LogP contribution in [0.15, 0.2) is 63.9 Å². The standard InChI is InChI=1S/C17H13ClN6O4S/c18-12-2-4-13(5-3-12)28-9-16(25)22-20-8-11-1-6-15(14(7-11)24(26)27)29-17-19-10-21-23-17/h1-8,10H,9H2,(H,22,25)(H,19,21,23). The Balaban J connectivity index is 1.58. The molecule has 0 aliphatic heterocycles. The lowest BCUT2D eigenvalue weighted by Crippen LogP contribution is -2.24. The number of carbonyl (C=O) groups excluding carboxylic acids is 1. The number of nitrogens with one attached hydrogen (secondary N) is 2. The van der Waals surface area contributed by atoms with Crippen molar-refractivity contribution in [1.82, 2.24) is 20.6 Å². The van der Waals surface area contributed by atoms with Gasteiger partial charge in [0.2, 0.25) is 0 Å². The van der Waals surface area contributed by atoms with Crippen molar-refractivity contribution in [3.05, 3.63) is 69.5 Å². The highest BCUT2D eigenvalue weighted by atomic mass is 35.5. The minimum atomic E-state index is -0.505. The van der Waals surface area contributed by atoms with Crippen LogP contribution in [0.4, 0.5) is 5.69 Å². The van der Waals surface area contributed by atoms with Crippen LogP contribution in [0, 0.1) is 10.1 Å². The summed E-state index contributed by atoms with van der Waals surface area (Å²) >= 11 is 6.85. The molecule has 0 saturated carbocycles. The number of halogens is 1. The summed E-state index contributed by atoms with van der Waals surface area (Å²) in [6.07, 6.45) is 2.62. The lowest BCUT2D eigenvalue weighted by Gasteiger charge is -2.05. The molecule has 0 saturated heterocycles. The van der Waals surface area contributed by atoms with Crippen molar-refractivity contribution < 1.29 is 14.5 Å². The zero-order chi connectivity index (χ0) is 20.6. The Labute approximate surface area is 173 Å². The molecule has 12 heteroatoms. The van der Waals surface area contributed by atoms with Crippen LogP contribution >= 0.6 is 23.4 Å². The van der Waals surface area contributed by atoms with E-state index >= 15 is 0 Å². The average Bonchev–Trinajstić information content (AvgIpc) is 3.21. The zero-order valence-corrected chi connectivity index (χ0v) is 16.2. The lowest BCUT2D eigenvalue weighted by molar-refractivity contribution is -0.387. The molecule has 0 unspecified atom stereocenters. The number of nitro groups is 1. The first-order valence-electron chi connectivity index (χ1n) is 8.03. The topological polar surface area (TPSA) is 135 Å². The SMILES string of the molecule is O=C(COc1ccc(Cl)cc1)NN=Cc1ccc(Sc2ncn[nH]2)c([N+](=O)[O-])c1. The molecular formula is C17H13ClN6O4S. The van der Waals surface area contributed by atoms with E-state index in [0.717, 1.165) is 11.8 Å². The summed E-state index contributed by atoms with van der Waals surface area (Å²) in [5.41, 5.74) is 2.62. The van der Waals surface area contributed by atoms with E-state index in [4.69, 9.17) is 16.3 Å². The Kier molecular flexibility index (Phi) is 6.76. The molecule has 0 bridgehead atoms. The highest BCUT2D eigenvalue weighted by Crippen LogP contribution is 2.33. The third-order valence-corrected chi connectivity index (χ3v) is 4.57. The van der Waals surface area contributed by atoms with Gasteiger partial charge in [0, 0.05) is 16.7 Å². The number of aromatic amines is 1. The first kappa shape index (κ1) is 20.3. The smallest absolute Gasteiger partial charge is 0.283 e. The number of aromatic nitrogens is 3. The van der Waals surface area contributed by atoms with Crippen molar-refractivity contribution in [2.24, 2.45) is 5.10 Å². The molecule has 2 N–H and O–H groups in total. The second-order valence-corrected chi connectivity index (χ2v) is 6.88. The number of ether oxygens (including phenoxy) is 1. The second-order valence-electron chi connectivity index (χ2n) is 5.41. The molecular weight excluding hydrogens is 420 g/mol. The Morgan fingerprint density at radius 1 is 1.34 bits per heavy atom. The van der Waals surface area contributed by atoms with Crippen LogP contribution in [-0.2, 0) is 4.79 Å². The van der Waals surface area contributed by atoms with E-state index in [1.807, 2.05) is 0 Å². The molecule has 3 aromatic rings. The number of hydrazone groups is 1. The summed E-state index contributed by atoms with van der Waals surface area (Å²) in [6, 6.07) is 11.1. The fraction of sp³-hybridized carbons (Fsp3) is 0.0588. The van der Waals surface area contributed by atoms with Crippen molar-refractivity contribution in [1.29, 1.82) is 0 Å². The fourth-order valence-electron chi connectivity index (χ4n) is 2.08. The van der Waals surface area contributed by atoms with Gasteiger partial charge in [0.1, 0.15) is 12.1 Å². The summed E-state index contributed by atoms with van der Waals surface area (Å²) in [5.74, 6) is 0.00666. The molecule has 0 aliphatic rings. The number of hydrogen-bond donors (Lipinski definition) is 2. The van der Waals surface area contributed by atoms with Crippen molar-refractivity contribution in [3.63, 3.8) is 0 Å². The van der Waals surface area contributed by atoms with Gasteiger partial charge in [-0.25, -0.2) is 10.4 Å². The van der Waals surface area contributed by atoms with E-state index in [1.54, 1.807) is 36.4 Å². The maximum Gasteiger partial charge on any atom is 0.283 e. The lowest BCUT2D eigenvalue weighted by atomic mass is 10.2. The van der Waals surface area contributed by atoms with Gasteiger partial charge in [-0.1, -0.05) is 17.7 Å². The molecule has 29 heavy (non-hydrogen) atoms. The number of benzene rings is 2. The van der Waals surface area contributed by atoms with E-state index in [9.17, 15) is 14.9 Å². The van der Waals surface area contributed by atoms with Gasteiger partial charge in [-0.05, 0) is 42.1 Å². The molecule has 0 atom stereocenters. The van der Waals surface area contributed by atoms with E-state index in [-0.39, 0.29) is 12.3 Å². The molecule has 0 spiro atoms. The van der Waals surface area contributed by atoms with E-state index in [2.05, 4.69) is 25.7 Å². The van der Waals surface area contributed by atoms with Crippen LogP contribution in [-0.4, -0.2) is 38.8 Å². The van der Waals surface area contributed by atoms with Crippen molar-refractivity contribution in [2.75, 3.05) is 6.61 Å². The predicted molar refractivity (Wildman–Crippen MR) is 106 cm³/mol. The molecule has 1 amide bonds. The summed E-state index contributed by atoms with van der Waals surface area (Å²) in [6.45, 7) is -0.244. The van der Waals surface area contributed by atoms with Gasteiger partial charge in [0.15, 0.2) is 11.8 Å². The third-order valence-electron chi connectivity index (χ3n) is 3.37. The quantitative estimate of drug-likeness (QED) is 0.317. The Morgan fingerprint density at radius 2 is 2.14 bits per heavy atom. The van der Waals surface area contributed by atoms with Crippen molar-refractivity contribution in [3.8, 4) is 5.75 Å². The number of nitro benzene ring substituents is 1.